The lowest BCUT2D eigenvalue weighted by Crippen LogP contribution is -2.12. The molecule has 0 aliphatic carbocycles. The van der Waals surface area contributed by atoms with Crippen molar-refractivity contribution in [1.29, 1.82) is 0 Å². The van der Waals surface area contributed by atoms with Crippen LogP contribution >= 0.6 is 31.9 Å². The molecule has 0 aliphatic rings. The average Bonchev–Trinajstić information content (AvgIpc) is 2.19. The number of phenolic OH excluding ortho intramolecular Hbond substituents is 1. The molecular weight excluding hydrogens is 310 g/mol. The monoisotopic (exact) mass is 321 g/mol. The van der Waals surface area contributed by atoms with Crippen molar-refractivity contribution in [2.75, 3.05) is 7.05 Å². The zero-order chi connectivity index (χ0) is 10.9. The summed E-state index contributed by atoms with van der Waals surface area (Å²) in [4.78, 5) is 0. The minimum Gasteiger partial charge on any atom is -0.506 e. The lowest BCUT2D eigenvalue weighted by molar-refractivity contribution is 0.453. The Bertz CT molecular complexity index is 352. The van der Waals surface area contributed by atoms with Crippen LogP contribution in [0.2, 0.25) is 0 Å². The third kappa shape index (κ3) is 2.12. The lowest BCUT2D eigenvalue weighted by atomic mass is 10.1. The van der Waals surface area contributed by atoms with Crippen LogP contribution in [0.1, 0.15) is 24.1 Å². The van der Waals surface area contributed by atoms with Crippen molar-refractivity contribution in [3.63, 3.8) is 0 Å². The maximum Gasteiger partial charge on any atom is 0.134 e. The molecule has 0 fully saturated rings. The number of hydrogen-bond acceptors (Lipinski definition) is 2. The number of phenols is 1. The fraction of sp³-hybridized carbons (Fsp3) is 0.400. The van der Waals surface area contributed by atoms with Crippen LogP contribution in [0, 0.1) is 6.92 Å². The van der Waals surface area contributed by atoms with Crippen molar-refractivity contribution >= 4 is 31.9 Å². The molecule has 1 atom stereocenters. The summed E-state index contributed by atoms with van der Waals surface area (Å²) in [6, 6.07) is 2.07. The Labute approximate surface area is 101 Å². The van der Waals surface area contributed by atoms with E-state index in [0.717, 1.165) is 20.1 Å². The summed E-state index contributed by atoms with van der Waals surface area (Å²) in [6.45, 7) is 3.95. The molecule has 0 bridgehead atoms. The van der Waals surface area contributed by atoms with E-state index in [4.69, 9.17) is 0 Å². The molecule has 14 heavy (non-hydrogen) atoms. The molecule has 0 radical (unpaired) electrons. The Morgan fingerprint density at radius 2 is 2.00 bits per heavy atom. The second-order valence-electron chi connectivity index (χ2n) is 3.25. The predicted octanol–water partition coefficient (Wildman–Crippen LogP) is 3.51. The molecule has 0 heterocycles. The van der Waals surface area contributed by atoms with Crippen molar-refractivity contribution < 1.29 is 5.11 Å². The van der Waals surface area contributed by atoms with Gasteiger partial charge in [-0.25, -0.2) is 0 Å². The molecule has 4 heteroatoms. The van der Waals surface area contributed by atoms with Gasteiger partial charge in [-0.15, -0.1) is 0 Å². The Kier molecular flexibility index (Phi) is 3.98. The Morgan fingerprint density at radius 3 is 2.50 bits per heavy atom. The number of aromatic hydroxyl groups is 1. The highest BCUT2D eigenvalue weighted by molar-refractivity contribution is 9.11. The van der Waals surface area contributed by atoms with Crippen LogP contribution in [0.15, 0.2) is 15.0 Å². The molecule has 0 aromatic heterocycles. The van der Waals surface area contributed by atoms with E-state index < -0.39 is 0 Å². The minimum atomic E-state index is 0.128. The molecule has 0 unspecified atom stereocenters. The summed E-state index contributed by atoms with van der Waals surface area (Å²) in [5.41, 5.74) is 1.89. The van der Waals surface area contributed by atoms with E-state index in [1.54, 1.807) is 0 Å². The normalized spacial score (nSPS) is 12.9. The van der Waals surface area contributed by atoms with Crippen molar-refractivity contribution in [3.8, 4) is 5.75 Å². The van der Waals surface area contributed by atoms with Gasteiger partial charge < -0.3 is 10.4 Å². The maximum absolute atomic E-state index is 9.90. The summed E-state index contributed by atoms with van der Waals surface area (Å²) in [5.74, 6) is 0.313. The van der Waals surface area contributed by atoms with Crippen molar-refractivity contribution in [1.82, 2.24) is 5.32 Å². The lowest BCUT2D eigenvalue weighted by Gasteiger charge is -2.16. The number of halogens is 2. The molecule has 2 N–H and O–H groups in total. The highest BCUT2D eigenvalue weighted by Crippen LogP contribution is 2.38. The van der Waals surface area contributed by atoms with Crippen LogP contribution in [0.5, 0.6) is 5.75 Å². The first-order chi connectivity index (χ1) is 6.49. The van der Waals surface area contributed by atoms with Gasteiger partial charge in [0.2, 0.25) is 0 Å². The summed E-state index contributed by atoms with van der Waals surface area (Å²) in [6.07, 6.45) is 0. The Hall–Kier alpha value is -0.0600. The van der Waals surface area contributed by atoms with E-state index in [1.807, 2.05) is 27.0 Å². The minimum absolute atomic E-state index is 0.128. The topological polar surface area (TPSA) is 32.3 Å². The highest BCUT2D eigenvalue weighted by Gasteiger charge is 2.15. The number of rotatable bonds is 2. The van der Waals surface area contributed by atoms with Crippen LogP contribution in [0.4, 0.5) is 0 Å². The first-order valence-corrected chi connectivity index (χ1v) is 5.92. The standard InChI is InChI=1S/C10H13Br2NO/c1-5-8(11)4-7(6(2)13-3)10(14)9(5)12/h4,6,13-14H,1-3H3/t6-/m1/s1. The van der Waals surface area contributed by atoms with Crippen LogP contribution in [0.3, 0.4) is 0 Å². The van der Waals surface area contributed by atoms with Crippen molar-refractivity contribution in [2.45, 2.75) is 19.9 Å². The molecule has 0 saturated carbocycles. The molecular formula is C10H13Br2NO. The van der Waals surface area contributed by atoms with Gasteiger partial charge >= 0.3 is 0 Å². The Morgan fingerprint density at radius 1 is 1.43 bits per heavy atom. The average molecular weight is 323 g/mol. The second kappa shape index (κ2) is 4.64. The van der Waals surface area contributed by atoms with E-state index in [-0.39, 0.29) is 6.04 Å². The molecule has 78 valence electrons. The molecule has 0 spiro atoms. The van der Waals surface area contributed by atoms with E-state index in [9.17, 15) is 5.11 Å². The summed E-state index contributed by atoms with van der Waals surface area (Å²) >= 11 is 6.83. The molecule has 1 aromatic rings. The molecule has 0 amide bonds. The van der Waals surface area contributed by atoms with Gasteiger partial charge in [-0.05, 0) is 48.5 Å². The second-order valence-corrected chi connectivity index (χ2v) is 4.89. The van der Waals surface area contributed by atoms with Crippen LogP contribution in [0.25, 0.3) is 0 Å². The number of hydrogen-bond donors (Lipinski definition) is 2. The molecule has 1 aromatic carbocycles. The summed E-state index contributed by atoms with van der Waals surface area (Å²) < 4.78 is 1.75. The molecule has 0 aliphatic heterocycles. The molecule has 1 rings (SSSR count). The van der Waals surface area contributed by atoms with Gasteiger partial charge in [-0.3, -0.25) is 0 Å². The predicted molar refractivity (Wildman–Crippen MR) is 65.7 cm³/mol. The third-order valence-corrected chi connectivity index (χ3v) is 4.14. The van der Waals surface area contributed by atoms with Gasteiger partial charge in [0.25, 0.3) is 0 Å². The Balaban J connectivity index is 3.33. The quantitative estimate of drug-likeness (QED) is 0.873. The third-order valence-electron chi connectivity index (χ3n) is 2.35. The van der Waals surface area contributed by atoms with E-state index in [2.05, 4.69) is 37.2 Å². The first-order valence-electron chi connectivity index (χ1n) is 4.33. The number of nitrogens with one attached hydrogen (secondary N) is 1. The van der Waals surface area contributed by atoms with Crippen molar-refractivity contribution in [3.05, 3.63) is 26.1 Å². The van der Waals surface area contributed by atoms with Crippen LogP contribution in [-0.4, -0.2) is 12.2 Å². The van der Waals surface area contributed by atoms with Gasteiger partial charge in [-0.2, -0.15) is 0 Å². The van der Waals surface area contributed by atoms with Gasteiger partial charge in [0, 0.05) is 16.1 Å². The van der Waals surface area contributed by atoms with Gasteiger partial charge in [-0.1, -0.05) is 15.9 Å². The summed E-state index contributed by atoms with van der Waals surface area (Å²) in [5, 5.41) is 13.0. The largest absolute Gasteiger partial charge is 0.506 e. The number of benzene rings is 1. The maximum atomic E-state index is 9.90. The molecule has 0 saturated heterocycles. The van der Waals surface area contributed by atoms with Crippen molar-refractivity contribution in [2.24, 2.45) is 0 Å². The van der Waals surface area contributed by atoms with Gasteiger partial charge in [0.15, 0.2) is 0 Å². The smallest absolute Gasteiger partial charge is 0.134 e. The fourth-order valence-corrected chi connectivity index (χ4v) is 2.36. The van der Waals surface area contributed by atoms with E-state index >= 15 is 0 Å². The highest BCUT2D eigenvalue weighted by atomic mass is 79.9. The van der Waals surface area contributed by atoms with E-state index in [0.29, 0.717) is 5.75 Å². The zero-order valence-electron chi connectivity index (χ0n) is 8.36. The SMILES string of the molecule is CN[C@H](C)c1cc(Br)c(C)c(Br)c1O. The molecule has 2 nitrogen and oxygen atoms in total. The zero-order valence-corrected chi connectivity index (χ0v) is 11.5. The van der Waals surface area contributed by atoms with E-state index in [1.165, 1.54) is 0 Å². The fourth-order valence-electron chi connectivity index (χ4n) is 1.21. The van der Waals surface area contributed by atoms with Gasteiger partial charge in [0.05, 0.1) is 4.47 Å². The summed E-state index contributed by atoms with van der Waals surface area (Å²) in [7, 11) is 1.87. The van der Waals surface area contributed by atoms with Crippen LogP contribution < -0.4 is 5.32 Å². The van der Waals surface area contributed by atoms with Gasteiger partial charge in [0.1, 0.15) is 5.75 Å². The first kappa shape index (κ1) is 12.0. The van der Waals surface area contributed by atoms with Crippen LogP contribution in [-0.2, 0) is 0 Å².